The highest BCUT2D eigenvalue weighted by molar-refractivity contribution is 7.13. The molecular formula is C22H20N2O3S. The Morgan fingerprint density at radius 2 is 2.04 bits per heavy atom. The molecule has 2 aromatic heterocycles. The van der Waals surface area contributed by atoms with Gasteiger partial charge in [0.25, 0.3) is 0 Å². The largest absolute Gasteiger partial charge is 0.451 e. The Hall–Kier alpha value is -2.99. The number of carbonyl (C=O) groups excluding carboxylic acids is 2. The maximum absolute atomic E-state index is 12.2. The van der Waals surface area contributed by atoms with Crippen molar-refractivity contribution in [3.63, 3.8) is 0 Å². The lowest BCUT2D eigenvalue weighted by molar-refractivity contribution is -0.152. The Labute approximate surface area is 167 Å². The number of rotatable bonds is 5. The molecule has 1 fully saturated rings. The van der Waals surface area contributed by atoms with Crippen molar-refractivity contribution in [2.24, 2.45) is 0 Å². The van der Waals surface area contributed by atoms with Gasteiger partial charge in [0.05, 0.1) is 10.6 Å². The van der Waals surface area contributed by atoms with Gasteiger partial charge in [0, 0.05) is 24.3 Å². The molecule has 0 aliphatic heterocycles. The van der Waals surface area contributed by atoms with E-state index in [1.54, 1.807) is 22.1 Å². The normalized spacial score (nSPS) is 17.1. The summed E-state index contributed by atoms with van der Waals surface area (Å²) < 4.78 is 7.14. The van der Waals surface area contributed by atoms with Crippen molar-refractivity contribution >= 4 is 29.2 Å². The van der Waals surface area contributed by atoms with Crippen LogP contribution in [0.2, 0.25) is 0 Å². The average molecular weight is 392 g/mol. The van der Waals surface area contributed by atoms with Gasteiger partial charge in [-0.2, -0.15) is 5.10 Å². The van der Waals surface area contributed by atoms with Crippen molar-refractivity contribution in [1.82, 2.24) is 9.78 Å². The van der Waals surface area contributed by atoms with E-state index in [0.717, 1.165) is 34.7 Å². The monoisotopic (exact) mass is 392 g/mol. The Morgan fingerprint density at radius 1 is 1.18 bits per heavy atom. The summed E-state index contributed by atoms with van der Waals surface area (Å²) in [6.45, 7) is 0. The van der Waals surface area contributed by atoms with E-state index in [2.05, 4.69) is 0 Å². The number of para-hydroxylation sites is 1. The van der Waals surface area contributed by atoms with E-state index in [1.807, 2.05) is 54.0 Å². The van der Waals surface area contributed by atoms with Crippen LogP contribution >= 0.6 is 11.3 Å². The molecule has 1 aliphatic rings. The number of ether oxygens (including phenoxy) is 1. The third-order valence-corrected chi connectivity index (χ3v) is 5.55. The maximum Gasteiger partial charge on any atom is 0.331 e. The lowest BCUT2D eigenvalue weighted by Gasteiger charge is -2.19. The highest BCUT2D eigenvalue weighted by atomic mass is 32.1. The maximum atomic E-state index is 12.2. The molecule has 3 aromatic rings. The summed E-state index contributed by atoms with van der Waals surface area (Å²) in [4.78, 5) is 25.1. The zero-order chi connectivity index (χ0) is 19.3. The zero-order valence-corrected chi connectivity index (χ0v) is 16.1. The van der Waals surface area contributed by atoms with Crippen LogP contribution in [0, 0.1) is 0 Å². The third kappa shape index (κ3) is 4.12. The third-order valence-electron chi connectivity index (χ3n) is 4.67. The van der Waals surface area contributed by atoms with E-state index in [1.165, 1.54) is 6.08 Å². The molecule has 2 heterocycles. The van der Waals surface area contributed by atoms with Crippen molar-refractivity contribution < 1.29 is 14.3 Å². The van der Waals surface area contributed by atoms with Crippen molar-refractivity contribution in [3.05, 3.63) is 65.7 Å². The fourth-order valence-corrected chi connectivity index (χ4v) is 3.97. The number of esters is 1. The quantitative estimate of drug-likeness (QED) is 0.468. The summed E-state index contributed by atoms with van der Waals surface area (Å²) in [5, 5.41) is 6.69. The number of benzene rings is 1. The first kappa shape index (κ1) is 18.4. The predicted molar refractivity (Wildman–Crippen MR) is 109 cm³/mol. The topological polar surface area (TPSA) is 61.2 Å². The molecule has 6 heteroatoms. The van der Waals surface area contributed by atoms with Gasteiger partial charge in [-0.15, -0.1) is 11.3 Å². The first-order valence-corrected chi connectivity index (χ1v) is 10.2. The van der Waals surface area contributed by atoms with Crippen molar-refractivity contribution in [1.29, 1.82) is 0 Å². The Kier molecular flexibility index (Phi) is 5.48. The van der Waals surface area contributed by atoms with Gasteiger partial charge in [0.1, 0.15) is 5.69 Å². The van der Waals surface area contributed by atoms with Gasteiger partial charge in [0.2, 0.25) is 0 Å². The van der Waals surface area contributed by atoms with E-state index in [9.17, 15) is 9.59 Å². The van der Waals surface area contributed by atoms with Crippen LogP contribution < -0.4 is 0 Å². The molecule has 0 N–H and O–H groups in total. The lowest BCUT2D eigenvalue weighted by Crippen LogP contribution is -2.29. The molecule has 0 saturated heterocycles. The molecule has 1 saturated carbocycles. The van der Waals surface area contributed by atoms with Gasteiger partial charge in [-0.25, -0.2) is 9.48 Å². The Morgan fingerprint density at radius 3 is 2.79 bits per heavy atom. The zero-order valence-electron chi connectivity index (χ0n) is 15.3. The number of thiophene rings is 1. The minimum Gasteiger partial charge on any atom is -0.451 e. The predicted octanol–water partition coefficient (Wildman–Crippen LogP) is 4.67. The molecule has 0 spiro atoms. The van der Waals surface area contributed by atoms with Gasteiger partial charge in [-0.3, -0.25) is 4.79 Å². The molecule has 142 valence electrons. The summed E-state index contributed by atoms with van der Waals surface area (Å²) in [7, 11) is 0. The van der Waals surface area contributed by atoms with Gasteiger partial charge >= 0.3 is 5.97 Å². The number of ketones is 1. The molecule has 1 aromatic carbocycles. The molecule has 1 atom stereocenters. The van der Waals surface area contributed by atoms with Crippen LogP contribution in [0.1, 0.15) is 31.2 Å². The summed E-state index contributed by atoms with van der Waals surface area (Å²) in [5.74, 6) is -0.478. The first-order valence-electron chi connectivity index (χ1n) is 9.31. The van der Waals surface area contributed by atoms with Crippen LogP contribution in [-0.2, 0) is 14.3 Å². The van der Waals surface area contributed by atoms with E-state index >= 15 is 0 Å². The summed E-state index contributed by atoms with van der Waals surface area (Å²) in [6, 6.07) is 13.8. The van der Waals surface area contributed by atoms with Crippen LogP contribution in [0.5, 0.6) is 0 Å². The van der Waals surface area contributed by atoms with Gasteiger partial charge < -0.3 is 4.74 Å². The minimum atomic E-state index is -0.602. The number of Topliss-reactive ketones (excluding diaryl/α,β-unsaturated/α-hetero) is 1. The van der Waals surface area contributed by atoms with Crippen molar-refractivity contribution in [2.75, 3.05) is 0 Å². The molecule has 1 unspecified atom stereocenters. The van der Waals surface area contributed by atoms with Crippen LogP contribution in [0.4, 0.5) is 0 Å². The van der Waals surface area contributed by atoms with E-state index < -0.39 is 12.1 Å². The summed E-state index contributed by atoms with van der Waals surface area (Å²) in [6.07, 6.45) is 7.28. The van der Waals surface area contributed by atoms with Crippen LogP contribution in [0.25, 0.3) is 22.3 Å². The second kappa shape index (κ2) is 8.35. The van der Waals surface area contributed by atoms with Gasteiger partial charge in [0.15, 0.2) is 11.9 Å². The minimum absolute atomic E-state index is 0.0178. The number of hydrogen-bond acceptors (Lipinski definition) is 5. The number of nitrogens with zero attached hydrogens (tertiary/aromatic N) is 2. The highest BCUT2D eigenvalue weighted by Crippen LogP contribution is 2.28. The van der Waals surface area contributed by atoms with Crippen molar-refractivity contribution in [2.45, 2.75) is 31.8 Å². The molecule has 28 heavy (non-hydrogen) atoms. The van der Waals surface area contributed by atoms with Crippen LogP contribution in [0.15, 0.2) is 60.1 Å². The second-order valence-electron chi connectivity index (χ2n) is 6.66. The fraction of sp³-hybridized carbons (Fsp3) is 0.227. The Bertz CT molecular complexity index is 990. The Balaban J connectivity index is 1.57. The number of hydrogen-bond donors (Lipinski definition) is 0. The van der Waals surface area contributed by atoms with Gasteiger partial charge in [-0.1, -0.05) is 24.3 Å². The SMILES string of the molecule is O=C(C=Cc1cn(-c2ccccc2)nc1-c1cccs1)OC1CCCCC1=O. The second-order valence-corrected chi connectivity index (χ2v) is 7.61. The average Bonchev–Trinajstić information content (AvgIpc) is 3.38. The molecule has 4 rings (SSSR count). The van der Waals surface area contributed by atoms with E-state index in [4.69, 9.17) is 9.84 Å². The molecular weight excluding hydrogens is 372 g/mol. The van der Waals surface area contributed by atoms with Gasteiger partial charge in [-0.05, 0) is 48.9 Å². The lowest BCUT2D eigenvalue weighted by atomic mass is 9.96. The molecule has 0 bridgehead atoms. The first-order chi connectivity index (χ1) is 13.7. The van der Waals surface area contributed by atoms with E-state index in [0.29, 0.717) is 12.8 Å². The highest BCUT2D eigenvalue weighted by Gasteiger charge is 2.25. The van der Waals surface area contributed by atoms with Crippen LogP contribution in [0.3, 0.4) is 0 Å². The summed E-state index contributed by atoms with van der Waals surface area (Å²) in [5.41, 5.74) is 2.56. The number of aromatic nitrogens is 2. The van der Waals surface area contributed by atoms with Crippen molar-refractivity contribution in [3.8, 4) is 16.3 Å². The molecule has 0 radical (unpaired) electrons. The van der Waals surface area contributed by atoms with Crippen LogP contribution in [-0.4, -0.2) is 27.6 Å². The molecule has 1 aliphatic carbocycles. The standard InChI is InChI=1S/C22H20N2O3S/c25-18-9-4-5-10-19(18)27-21(26)13-12-16-15-24(17-7-2-1-3-8-17)23-22(16)20-11-6-14-28-20/h1-3,6-8,11-15,19H,4-5,9-10H2. The van der Waals surface area contributed by atoms with E-state index in [-0.39, 0.29) is 5.78 Å². The molecule has 0 amide bonds. The summed E-state index contributed by atoms with van der Waals surface area (Å²) >= 11 is 1.59. The number of carbonyl (C=O) groups is 2. The fourth-order valence-electron chi connectivity index (χ4n) is 3.24. The smallest absolute Gasteiger partial charge is 0.331 e. The molecule has 5 nitrogen and oxygen atoms in total.